The monoisotopic (exact) mass is 197 g/mol. The van der Waals surface area contributed by atoms with Crippen molar-refractivity contribution in [2.24, 2.45) is 5.41 Å². The first-order valence-electron chi connectivity index (χ1n) is 5.59. The smallest absolute Gasteiger partial charge is 0.226 e. The lowest BCUT2D eigenvalue weighted by molar-refractivity contribution is -0.136. The Bertz CT molecular complexity index is 217. The number of hydrogen-bond donors (Lipinski definition) is 1. The van der Waals surface area contributed by atoms with Crippen LogP contribution in [0.1, 0.15) is 39.0 Å². The molecule has 1 saturated heterocycles. The number of amides is 1. The predicted octanol–water partition coefficient (Wildman–Crippen LogP) is 1.47. The van der Waals surface area contributed by atoms with E-state index in [1.165, 1.54) is 19.3 Å². The summed E-state index contributed by atoms with van der Waals surface area (Å²) in [6, 6.07) is 0.279. The third kappa shape index (κ3) is 1.92. The molecule has 0 bridgehead atoms. The minimum Gasteiger partial charge on any atom is -0.377 e. The van der Waals surface area contributed by atoms with Crippen molar-refractivity contribution in [3.05, 3.63) is 0 Å². The molecular weight excluding hydrogens is 178 g/mol. The zero-order valence-corrected chi connectivity index (χ0v) is 8.84. The van der Waals surface area contributed by atoms with Gasteiger partial charge >= 0.3 is 0 Å². The molecule has 14 heavy (non-hydrogen) atoms. The van der Waals surface area contributed by atoms with Gasteiger partial charge < -0.3 is 10.1 Å². The average Bonchev–Trinajstić information content (AvgIpc) is 2.12. The van der Waals surface area contributed by atoms with Gasteiger partial charge in [-0.15, -0.1) is 0 Å². The Morgan fingerprint density at radius 3 is 2.43 bits per heavy atom. The fraction of sp³-hybridized carbons (Fsp3) is 0.909. The number of hydrogen-bond acceptors (Lipinski definition) is 2. The summed E-state index contributed by atoms with van der Waals surface area (Å²) in [6.07, 6.45) is 5.78. The van der Waals surface area contributed by atoms with Gasteiger partial charge in [-0.2, -0.15) is 0 Å². The van der Waals surface area contributed by atoms with E-state index in [1.54, 1.807) is 0 Å². The first-order valence-corrected chi connectivity index (χ1v) is 5.59. The minimum atomic E-state index is -0.103. The number of carbonyl (C=O) groups is 1. The quantitative estimate of drug-likeness (QED) is 0.728. The second-order valence-electron chi connectivity index (χ2n) is 4.83. The lowest BCUT2D eigenvalue weighted by Crippen LogP contribution is -2.53. The molecule has 1 amide bonds. The molecular formula is C11H19NO2. The Labute approximate surface area is 85.2 Å². The largest absolute Gasteiger partial charge is 0.377 e. The molecule has 0 aromatic heterocycles. The molecule has 2 fully saturated rings. The van der Waals surface area contributed by atoms with Gasteiger partial charge in [-0.3, -0.25) is 4.79 Å². The zero-order chi connectivity index (χ0) is 10.0. The van der Waals surface area contributed by atoms with Gasteiger partial charge in [-0.1, -0.05) is 26.2 Å². The van der Waals surface area contributed by atoms with Crippen molar-refractivity contribution in [1.82, 2.24) is 5.32 Å². The summed E-state index contributed by atoms with van der Waals surface area (Å²) in [6.45, 7) is 3.49. The van der Waals surface area contributed by atoms with Crippen LogP contribution in [0.25, 0.3) is 0 Å². The third-order valence-electron chi connectivity index (χ3n) is 3.48. The van der Waals surface area contributed by atoms with E-state index in [9.17, 15) is 4.79 Å². The van der Waals surface area contributed by atoms with Crippen LogP contribution in [0.5, 0.6) is 0 Å². The molecule has 2 aliphatic rings. The number of nitrogens with one attached hydrogen (secondary N) is 1. The number of rotatable bonds is 2. The van der Waals surface area contributed by atoms with Crippen LogP contribution in [0, 0.1) is 5.41 Å². The van der Waals surface area contributed by atoms with E-state index in [-0.39, 0.29) is 17.4 Å². The van der Waals surface area contributed by atoms with Crippen LogP contribution in [0.2, 0.25) is 0 Å². The highest BCUT2D eigenvalue weighted by Gasteiger charge is 2.36. The van der Waals surface area contributed by atoms with Gasteiger partial charge in [0.1, 0.15) is 0 Å². The van der Waals surface area contributed by atoms with Gasteiger partial charge in [0.2, 0.25) is 5.91 Å². The van der Waals surface area contributed by atoms with Gasteiger partial charge in [0.25, 0.3) is 0 Å². The van der Waals surface area contributed by atoms with Gasteiger partial charge in [0, 0.05) is 5.41 Å². The first kappa shape index (κ1) is 9.97. The molecule has 3 nitrogen and oxygen atoms in total. The van der Waals surface area contributed by atoms with Crippen molar-refractivity contribution in [2.75, 3.05) is 13.2 Å². The Morgan fingerprint density at radius 1 is 1.29 bits per heavy atom. The Kier molecular flexibility index (Phi) is 2.77. The Hall–Kier alpha value is -0.570. The second kappa shape index (κ2) is 3.89. The molecule has 0 spiro atoms. The molecule has 0 unspecified atom stereocenters. The van der Waals surface area contributed by atoms with Gasteiger partial charge in [0.05, 0.1) is 19.3 Å². The SMILES string of the molecule is CC1(C(=O)NC2COC2)CCCCC1. The van der Waals surface area contributed by atoms with E-state index in [0.717, 1.165) is 12.8 Å². The summed E-state index contributed by atoms with van der Waals surface area (Å²) >= 11 is 0. The Balaban J connectivity index is 1.87. The molecule has 80 valence electrons. The molecule has 2 rings (SSSR count). The summed E-state index contributed by atoms with van der Waals surface area (Å²) in [7, 11) is 0. The lowest BCUT2D eigenvalue weighted by atomic mass is 9.75. The van der Waals surface area contributed by atoms with E-state index in [4.69, 9.17) is 4.74 Å². The van der Waals surface area contributed by atoms with Crippen molar-refractivity contribution in [1.29, 1.82) is 0 Å². The summed E-state index contributed by atoms with van der Waals surface area (Å²) in [5, 5.41) is 3.06. The maximum absolute atomic E-state index is 12.0. The molecule has 3 heteroatoms. The first-order chi connectivity index (χ1) is 6.71. The molecule has 1 heterocycles. The minimum absolute atomic E-state index is 0.103. The van der Waals surface area contributed by atoms with Crippen LogP contribution in [0.15, 0.2) is 0 Å². The standard InChI is InChI=1S/C11H19NO2/c1-11(5-3-2-4-6-11)10(13)12-9-7-14-8-9/h9H,2-8H2,1H3,(H,12,13). The molecule has 0 atom stereocenters. The van der Waals surface area contributed by atoms with Crippen molar-refractivity contribution in [2.45, 2.75) is 45.1 Å². The molecule has 1 aliphatic carbocycles. The second-order valence-corrected chi connectivity index (χ2v) is 4.83. The fourth-order valence-electron chi connectivity index (χ4n) is 2.24. The Morgan fingerprint density at radius 2 is 1.93 bits per heavy atom. The van der Waals surface area contributed by atoms with Gasteiger partial charge in [-0.25, -0.2) is 0 Å². The third-order valence-corrected chi connectivity index (χ3v) is 3.48. The van der Waals surface area contributed by atoms with Crippen LogP contribution < -0.4 is 5.32 Å². The summed E-state index contributed by atoms with van der Waals surface area (Å²) in [4.78, 5) is 12.0. The zero-order valence-electron chi connectivity index (χ0n) is 8.84. The molecule has 0 aromatic rings. The predicted molar refractivity (Wildman–Crippen MR) is 53.9 cm³/mol. The topological polar surface area (TPSA) is 38.3 Å². The molecule has 1 saturated carbocycles. The van der Waals surface area contributed by atoms with Crippen molar-refractivity contribution < 1.29 is 9.53 Å². The van der Waals surface area contributed by atoms with Gasteiger partial charge in [0.15, 0.2) is 0 Å². The number of carbonyl (C=O) groups excluding carboxylic acids is 1. The summed E-state index contributed by atoms with van der Waals surface area (Å²) in [5.41, 5.74) is -0.103. The van der Waals surface area contributed by atoms with Gasteiger partial charge in [-0.05, 0) is 12.8 Å². The van der Waals surface area contributed by atoms with Crippen LogP contribution >= 0.6 is 0 Å². The van der Waals surface area contributed by atoms with Crippen molar-refractivity contribution in [3.8, 4) is 0 Å². The van der Waals surface area contributed by atoms with E-state index in [1.807, 2.05) is 0 Å². The molecule has 1 aliphatic heterocycles. The lowest BCUT2D eigenvalue weighted by Gasteiger charge is -2.35. The molecule has 1 N–H and O–H groups in total. The summed E-state index contributed by atoms with van der Waals surface area (Å²) < 4.78 is 5.04. The normalized spacial score (nSPS) is 26.6. The van der Waals surface area contributed by atoms with E-state index >= 15 is 0 Å². The van der Waals surface area contributed by atoms with Crippen LogP contribution in [0.4, 0.5) is 0 Å². The average molecular weight is 197 g/mol. The molecule has 0 aromatic carbocycles. The summed E-state index contributed by atoms with van der Waals surface area (Å²) in [5.74, 6) is 0.241. The fourth-order valence-corrected chi connectivity index (χ4v) is 2.24. The maximum Gasteiger partial charge on any atom is 0.226 e. The van der Waals surface area contributed by atoms with E-state index in [0.29, 0.717) is 13.2 Å². The maximum atomic E-state index is 12.0. The van der Waals surface area contributed by atoms with E-state index < -0.39 is 0 Å². The van der Waals surface area contributed by atoms with Crippen molar-refractivity contribution >= 4 is 5.91 Å². The van der Waals surface area contributed by atoms with Crippen LogP contribution in [-0.2, 0) is 9.53 Å². The highest BCUT2D eigenvalue weighted by Crippen LogP contribution is 2.35. The van der Waals surface area contributed by atoms with Crippen LogP contribution in [-0.4, -0.2) is 25.2 Å². The van der Waals surface area contributed by atoms with E-state index in [2.05, 4.69) is 12.2 Å². The number of ether oxygens (including phenoxy) is 1. The molecule has 0 radical (unpaired) electrons. The highest BCUT2D eigenvalue weighted by molar-refractivity contribution is 5.82. The van der Waals surface area contributed by atoms with Crippen LogP contribution in [0.3, 0.4) is 0 Å². The van der Waals surface area contributed by atoms with Crippen molar-refractivity contribution in [3.63, 3.8) is 0 Å². The highest BCUT2D eigenvalue weighted by atomic mass is 16.5.